The van der Waals surface area contributed by atoms with Gasteiger partial charge >= 0.3 is 0 Å². The lowest BCUT2D eigenvalue weighted by atomic mass is 10.2. The molecule has 0 rings (SSSR count). The van der Waals surface area contributed by atoms with E-state index in [0.717, 1.165) is 19.5 Å². The number of nitrogens with one attached hydrogen (secondary N) is 2. The Kier molecular flexibility index (Phi) is 10.6. The van der Waals surface area contributed by atoms with Crippen molar-refractivity contribution >= 4 is 10.0 Å². The van der Waals surface area contributed by atoms with Crippen LogP contribution in [0.5, 0.6) is 0 Å². The molecule has 0 radical (unpaired) electrons. The predicted molar refractivity (Wildman–Crippen MR) is 75.2 cm³/mol. The average molecular weight is 280 g/mol. The van der Waals surface area contributed by atoms with Crippen molar-refractivity contribution in [1.82, 2.24) is 10.0 Å². The van der Waals surface area contributed by atoms with Gasteiger partial charge in [-0.15, -0.1) is 0 Å². The smallest absolute Gasteiger partial charge is 0.211 e. The van der Waals surface area contributed by atoms with Crippen LogP contribution in [0, 0.1) is 5.92 Å². The fourth-order valence-electron chi connectivity index (χ4n) is 1.35. The molecule has 0 fully saturated rings. The molecule has 18 heavy (non-hydrogen) atoms. The number of ether oxygens (including phenoxy) is 1. The third-order valence-corrected chi connectivity index (χ3v) is 3.68. The van der Waals surface area contributed by atoms with Crippen molar-refractivity contribution in [2.45, 2.75) is 33.6 Å². The zero-order valence-corrected chi connectivity index (χ0v) is 12.7. The van der Waals surface area contributed by atoms with E-state index in [1.807, 2.05) is 0 Å². The van der Waals surface area contributed by atoms with Crippen molar-refractivity contribution in [1.29, 1.82) is 0 Å². The Hall–Kier alpha value is -0.170. The first kappa shape index (κ1) is 17.8. The normalized spacial score (nSPS) is 12.2. The summed E-state index contributed by atoms with van der Waals surface area (Å²) in [6.07, 6.45) is 1.71. The summed E-state index contributed by atoms with van der Waals surface area (Å²) in [4.78, 5) is 0. The van der Waals surface area contributed by atoms with Gasteiger partial charge in [0.15, 0.2) is 0 Å². The van der Waals surface area contributed by atoms with Crippen molar-refractivity contribution in [3.8, 4) is 0 Å². The second-order valence-corrected chi connectivity index (χ2v) is 6.71. The summed E-state index contributed by atoms with van der Waals surface area (Å²) >= 11 is 0. The molecule has 6 heteroatoms. The molecule has 0 aromatic heterocycles. The van der Waals surface area contributed by atoms with Crippen LogP contribution in [0.3, 0.4) is 0 Å². The minimum atomic E-state index is -3.14. The fourth-order valence-corrected chi connectivity index (χ4v) is 2.41. The third kappa shape index (κ3) is 12.3. The Labute approximate surface area is 112 Å². The highest BCUT2D eigenvalue weighted by Crippen LogP contribution is 1.92. The van der Waals surface area contributed by atoms with Gasteiger partial charge in [0, 0.05) is 13.2 Å². The van der Waals surface area contributed by atoms with Crippen LogP contribution >= 0.6 is 0 Å². The molecular formula is C12H28N2O3S. The molecular weight excluding hydrogens is 252 g/mol. The van der Waals surface area contributed by atoms with Crippen LogP contribution in [-0.2, 0) is 14.8 Å². The first-order valence-electron chi connectivity index (χ1n) is 6.73. The number of hydrogen-bond acceptors (Lipinski definition) is 4. The van der Waals surface area contributed by atoms with Gasteiger partial charge in [-0.3, -0.25) is 0 Å². The molecule has 0 aromatic rings. The van der Waals surface area contributed by atoms with Crippen LogP contribution in [0.25, 0.3) is 0 Å². The monoisotopic (exact) mass is 280 g/mol. The summed E-state index contributed by atoms with van der Waals surface area (Å²) < 4.78 is 31.0. The van der Waals surface area contributed by atoms with Gasteiger partial charge in [0.2, 0.25) is 10.0 Å². The van der Waals surface area contributed by atoms with Gasteiger partial charge in [0.1, 0.15) is 0 Å². The molecule has 0 atom stereocenters. The van der Waals surface area contributed by atoms with E-state index in [-0.39, 0.29) is 5.75 Å². The zero-order chi connectivity index (χ0) is 13.9. The van der Waals surface area contributed by atoms with Gasteiger partial charge in [-0.2, -0.15) is 0 Å². The van der Waals surface area contributed by atoms with Crippen LogP contribution in [-0.4, -0.2) is 47.0 Å². The highest BCUT2D eigenvalue weighted by Gasteiger charge is 2.08. The van der Waals surface area contributed by atoms with E-state index >= 15 is 0 Å². The maximum Gasteiger partial charge on any atom is 0.211 e. The quantitative estimate of drug-likeness (QED) is 0.523. The van der Waals surface area contributed by atoms with Crippen LogP contribution in [0.15, 0.2) is 0 Å². The van der Waals surface area contributed by atoms with Gasteiger partial charge in [0.25, 0.3) is 0 Å². The molecule has 0 aliphatic carbocycles. The van der Waals surface area contributed by atoms with E-state index in [1.165, 1.54) is 0 Å². The Morgan fingerprint density at radius 2 is 1.89 bits per heavy atom. The molecule has 0 saturated heterocycles. The van der Waals surface area contributed by atoms with Crippen molar-refractivity contribution in [2.24, 2.45) is 5.92 Å². The lowest BCUT2D eigenvalue weighted by molar-refractivity contribution is 0.114. The molecule has 0 spiro atoms. The zero-order valence-electron chi connectivity index (χ0n) is 11.9. The Balaban J connectivity index is 3.49. The lowest BCUT2D eigenvalue weighted by Crippen LogP contribution is -2.31. The molecule has 0 amide bonds. The SMILES string of the molecule is CCCNCCCS(=O)(=O)NCCOCC(C)C. The summed E-state index contributed by atoms with van der Waals surface area (Å²) in [5, 5.41) is 3.18. The Bertz CT molecular complexity index is 279. The lowest BCUT2D eigenvalue weighted by Gasteiger charge is -2.09. The van der Waals surface area contributed by atoms with Gasteiger partial charge in [-0.05, 0) is 31.8 Å². The minimum Gasteiger partial charge on any atom is -0.380 e. The van der Waals surface area contributed by atoms with E-state index in [9.17, 15) is 8.42 Å². The second-order valence-electron chi connectivity index (χ2n) is 4.79. The molecule has 5 nitrogen and oxygen atoms in total. The van der Waals surface area contributed by atoms with Gasteiger partial charge in [0.05, 0.1) is 12.4 Å². The van der Waals surface area contributed by atoms with Gasteiger partial charge < -0.3 is 10.1 Å². The molecule has 110 valence electrons. The average Bonchev–Trinajstić information content (AvgIpc) is 2.27. The summed E-state index contributed by atoms with van der Waals surface area (Å²) in [5.41, 5.74) is 0. The number of sulfonamides is 1. The third-order valence-electron chi connectivity index (χ3n) is 2.21. The van der Waals surface area contributed by atoms with Crippen LogP contribution < -0.4 is 10.0 Å². The first-order chi connectivity index (χ1) is 8.48. The van der Waals surface area contributed by atoms with E-state index in [1.54, 1.807) is 0 Å². The summed E-state index contributed by atoms with van der Waals surface area (Å²) in [5.74, 6) is 0.653. The van der Waals surface area contributed by atoms with E-state index in [4.69, 9.17) is 4.74 Å². The van der Waals surface area contributed by atoms with E-state index in [2.05, 4.69) is 30.8 Å². The van der Waals surface area contributed by atoms with E-state index < -0.39 is 10.0 Å². The van der Waals surface area contributed by atoms with Gasteiger partial charge in [-0.1, -0.05) is 20.8 Å². The van der Waals surface area contributed by atoms with Crippen molar-refractivity contribution in [2.75, 3.05) is 38.6 Å². The molecule has 0 aromatic carbocycles. The maximum atomic E-state index is 11.6. The van der Waals surface area contributed by atoms with Crippen LogP contribution in [0.2, 0.25) is 0 Å². The topological polar surface area (TPSA) is 67.4 Å². The van der Waals surface area contributed by atoms with Gasteiger partial charge in [-0.25, -0.2) is 13.1 Å². The predicted octanol–water partition coefficient (Wildman–Crippen LogP) is 0.968. The summed E-state index contributed by atoms with van der Waals surface area (Å²) in [6, 6.07) is 0. The van der Waals surface area contributed by atoms with Crippen molar-refractivity contribution in [3.05, 3.63) is 0 Å². The molecule has 0 aliphatic rings. The summed E-state index contributed by atoms with van der Waals surface area (Å²) in [7, 11) is -3.14. The Morgan fingerprint density at radius 1 is 1.17 bits per heavy atom. The molecule has 0 saturated carbocycles. The molecule has 0 unspecified atom stereocenters. The second kappa shape index (κ2) is 10.7. The number of rotatable bonds is 12. The van der Waals surface area contributed by atoms with Crippen molar-refractivity contribution in [3.63, 3.8) is 0 Å². The van der Waals surface area contributed by atoms with Crippen molar-refractivity contribution < 1.29 is 13.2 Å². The largest absolute Gasteiger partial charge is 0.380 e. The fraction of sp³-hybridized carbons (Fsp3) is 1.00. The van der Waals surface area contributed by atoms with E-state index in [0.29, 0.717) is 32.1 Å². The number of hydrogen-bond donors (Lipinski definition) is 2. The highest BCUT2D eigenvalue weighted by molar-refractivity contribution is 7.89. The molecule has 0 heterocycles. The molecule has 0 aliphatic heterocycles. The van der Waals surface area contributed by atoms with Crippen LogP contribution in [0.1, 0.15) is 33.6 Å². The highest BCUT2D eigenvalue weighted by atomic mass is 32.2. The molecule has 0 bridgehead atoms. The summed E-state index contributed by atoms with van der Waals surface area (Å²) in [6.45, 7) is 9.37. The Morgan fingerprint density at radius 3 is 2.50 bits per heavy atom. The minimum absolute atomic E-state index is 0.174. The molecule has 2 N–H and O–H groups in total. The van der Waals surface area contributed by atoms with Crippen LogP contribution in [0.4, 0.5) is 0 Å². The standard InChI is InChI=1S/C12H28N2O3S/c1-4-6-13-7-5-10-18(15,16)14-8-9-17-11-12(2)3/h12-14H,4-11H2,1-3H3. The maximum absolute atomic E-state index is 11.6. The first-order valence-corrected chi connectivity index (χ1v) is 8.39.